The fourth-order valence-electron chi connectivity index (χ4n) is 1.31. The Balaban J connectivity index is 4.83. The minimum atomic E-state index is -1.68. The SMILES string of the molecule is CN(C(=O)OC(C)(C)C)[C@@H](CC(C)(C)F)C(=O)O. The second-order valence-corrected chi connectivity index (χ2v) is 5.87. The summed E-state index contributed by atoms with van der Waals surface area (Å²) in [6.07, 6.45) is -1.07. The first-order valence-corrected chi connectivity index (χ1v) is 5.71. The highest BCUT2D eigenvalue weighted by atomic mass is 19.1. The number of carboxylic acid groups (broad SMARTS) is 1. The van der Waals surface area contributed by atoms with Crippen molar-refractivity contribution in [1.82, 2.24) is 4.90 Å². The summed E-state index contributed by atoms with van der Waals surface area (Å²) in [4.78, 5) is 23.7. The van der Waals surface area contributed by atoms with Gasteiger partial charge in [0, 0.05) is 13.5 Å². The number of amides is 1. The van der Waals surface area contributed by atoms with E-state index in [1.165, 1.54) is 20.9 Å². The molecule has 0 aliphatic rings. The number of carboxylic acids is 1. The Morgan fingerprint density at radius 1 is 1.28 bits per heavy atom. The van der Waals surface area contributed by atoms with Gasteiger partial charge in [0.1, 0.15) is 17.3 Å². The molecule has 0 spiro atoms. The van der Waals surface area contributed by atoms with Crippen molar-refractivity contribution in [1.29, 1.82) is 0 Å². The Morgan fingerprint density at radius 2 is 1.72 bits per heavy atom. The highest BCUT2D eigenvalue weighted by Gasteiger charge is 2.34. The summed E-state index contributed by atoms with van der Waals surface area (Å²) < 4.78 is 18.6. The molecule has 0 aromatic rings. The lowest BCUT2D eigenvalue weighted by Gasteiger charge is -2.30. The molecule has 0 fully saturated rings. The van der Waals surface area contributed by atoms with Crippen LogP contribution in [0, 0.1) is 0 Å². The number of carbonyl (C=O) groups excluding carboxylic acids is 1. The fourth-order valence-corrected chi connectivity index (χ4v) is 1.31. The van der Waals surface area contributed by atoms with Crippen molar-refractivity contribution < 1.29 is 23.8 Å². The molecule has 1 N–H and O–H groups in total. The monoisotopic (exact) mass is 263 g/mol. The molecule has 0 rings (SSSR count). The van der Waals surface area contributed by atoms with E-state index < -0.39 is 29.4 Å². The van der Waals surface area contributed by atoms with Gasteiger partial charge in [-0.05, 0) is 34.6 Å². The second-order valence-electron chi connectivity index (χ2n) is 5.87. The molecule has 0 unspecified atom stereocenters. The van der Waals surface area contributed by atoms with Gasteiger partial charge in [-0.25, -0.2) is 14.0 Å². The lowest BCUT2D eigenvalue weighted by Crippen LogP contribution is -2.47. The average molecular weight is 263 g/mol. The van der Waals surface area contributed by atoms with E-state index in [9.17, 15) is 14.0 Å². The quantitative estimate of drug-likeness (QED) is 0.846. The van der Waals surface area contributed by atoms with Gasteiger partial charge in [0.2, 0.25) is 0 Å². The average Bonchev–Trinajstić information content (AvgIpc) is 2.08. The van der Waals surface area contributed by atoms with Crippen molar-refractivity contribution in [3.63, 3.8) is 0 Å². The minimum absolute atomic E-state index is 0.294. The van der Waals surface area contributed by atoms with Crippen LogP contribution in [0.25, 0.3) is 0 Å². The first-order chi connectivity index (χ1) is 7.83. The van der Waals surface area contributed by atoms with Crippen LogP contribution >= 0.6 is 0 Å². The maximum Gasteiger partial charge on any atom is 0.410 e. The topological polar surface area (TPSA) is 66.8 Å². The summed E-state index contributed by atoms with van der Waals surface area (Å²) in [5, 5.41) is 9.04. The van der Waals surface area contributed by atoms with E-state index in [4.69, 9.17) is 9.84 Å². The third kappa shape index (κ3) is 6.42. The Hall–Kier alpha value is -1.33. The molecule has 18 heavy (non-hydrogen) atoms. The van der Waals surface area contributed by atoms with Crippen LogP contribution in [-0.4, -0.2) is 46.4 Å². The molecule has 0 radical (unpaired) electrons. The predicted molar refractivity (Wildman–Crippen MR) is 65.2 cm³/mol. The molecular weight excluding hydrogens is 241 g/mol. The van der Waals surface area contributed by atoms with Crippen molar-refractivity contribution in [2.45, 2.75) is 58.4 Å². The molecule has 0 saturated carbocycles. The molecule has 0 bridgehead atoms. The van der Waals surface area contributed by atoms with Crippen LogP contribution in [0.2, 0.25) is 0 Å². The number of likely N-dealkylation sites (N-methyl/N-ethyl adjacent to an activating group) is 1. The predicted octanol–water partition coefficient (Wildman–Crippen LogP) is 2.44. The molecule has 0 aromatic carbocycles. The summed E-state index contributed by atoms with van der Waals surface area (Å²) in [6.45, 7) is 7.56. The molecule has 1 atom stereocenters. The van der Waals surface area contributed by atoms with Crippen molar-refractivity contribution in [3.8, 4) is 0 Å². The van der Waals surface area contributed by atoms with E-state index in [0.29, 0.717) is 0 Å². The van der Waals surface area contributed by atoms with Crippen molar-refractivity contribution in [2.75, 3.05) is 7.05 Å². The standard InChI is InChI=1S/C12H22FNO4/c1-11(2,3)18-10(17)14(6)8(9(15)16)7-12(4,5)13/h8H,7H2,1-6H3,(H,15,16)/t8-/m0/s1. The molecule has 0 aliphatic carbocycles. The Labute approximate surface area is 107 Å². The number of nitrogens with zero attached hydrogens (tertiary/aromatic N) is 1. The van der Waals surface area contributed by atoms with E-state index >= 15 is 0 Å². The van der Waals surface area contributed by atoms with Crippen molar-refractivity contribution in [3.05, 3.63) is 0 Å². The van der Waals surface area contributed by atoms with Crippen LogP contribution in [0.5, 0.6) is 0 Å². The lowest BCUT2D eigenvalue weighted by molar-refractivity contribution is -0.144. The maximum absolute atomic E-state index is 13.5. The Kier molecular flexibility index (Phi) is 5.13. The summed E-state index contributed by atoms with van der Waals surface area (Å²) in [5.41, 5.74) is -2.40. The molecule has 0 heterocycles. The van der Waals surface area contributed by atoms with Crippen LogP contribution in [-0.2, 0) is 9.53 Å². The highest BCUT2D eigenvalue weighted by molar-refractivity contribution is 5.80. The van der Waals surface area contributed by atoms with E-state index in [-0.39, 0.29) is 6.42 Å². The molecular formula is C12H22FNO4. The first kappa shape index (κ1) is 16.7. The summed E-state index contributed by atoms with van der Waals surface area (Å²) >= 11 is 0. The van der Waals surface area contributed by atoms with Gasteiger partial charge in [-0.3, -0.25) is 4.90 Å². The van der Waals surface area contributed by atoms with Gasteiger partial charge >= 0.3 is 12.1 Å². The zero-order valence-corrected chi connectivity index (χ0v) is 11.8. The smallest absolute Gasteiger partial charge is 0.410 e. The number of carbonyl (C=O) groups is 2. The number of halogens is 1. The lowest BCUT2D eigenvalue weighted by atomic mass is 10.0. The van der Waals surface area contributed by atoms with Gasteiger partial charge in [0.05, 0.1) is 0 Å². The third-order valence-corrected chi connectivity index (χ3v) is 2.11. The zero-order valence-electron chi connectivity index (χ0n) is 11.8. The number of hydrogen-bond acceptors (Lipinski definition) is 3. The van der Waals surface area contributed by atoms with Crippen LogP contribution in [0.3, 0.4) is 0 Å². The number of alkyl halides is 1. The fraction of sp³-hybridized carbons (Fsp3) is 0.833. The number of aliphatic carboxylic acids is 1. The number of rotatable bonds is 4. The molecule has 0 saturated heterocycles. The molecule has 106 valence electrons. The highest BCUT2D eigenvalue weighted by Crippen LogP contribution is 2.21. The van der Waals surface area contributed by atoms with Crippen LogP contribution < -0.4 is 0 Å². The summed E-state index contributed by atoms with van der Waals surface area (Å²) in [7, 11) is 1.29. The summed E-state index contributed by atoms with van der Waals surface area (Å²) in [6, 6.07) is -1.25. The van der Waals surface area contributed by atoms with E-state index in [1.54, 1.807) is 20.8 Å². The molecule has 5 nitrogen and oxygen atoms in total. The minimum Gasteiger partial charge on any atom is -0.480 e. The Morgan fingerprint density at radius 3 is 2.00 bits per heavy atom. The third-order valence-electron chi connectivity index (χ3n) is 2.11. The van der Waals surface area contributed by atoms with Crippen LogP contribution in [0.1, 0.15) is 41.0 Å². The van der Waals surface area contributed by atoms with E-state index in [0.717, 1.165) is 4.90 Å². The summed E-state index contributed by atoms with van der Waals surface area (Å²) in [5.74, 6) is -1.26. The van der Waals surface area contributed by atoms with Crippen LogP contribution in [0.15, 0.2) is 0 Å². The van der Waals surface area contributed by atoms with Crippen LogP contribution in [0.4, 0.5) is 9.18 Å². The van der Waals surface area contributed by atoms with Crippen molar-refractivity contribution in [2.24, 2.45) is 0 Å². The number of ether oxygens (including phenoxy) is 1. The van der Waals surface area contributed by atoms with Gasteiger partial charge in [-0.15, -0.1) is 0 Å². The van der Waals surface area contributed by atoms with Gasteiger partial charge in [0.25, 0.3) is 0 Å². The Bertz CT molecular complexity index is 317. The van der Waals surface area contributed by atoms with E-state index in [1.807, 2.05) is 0 Å². The maximum atomic E-state index is 13.5. The second kappa shape index (κ2) is 5.54. The van der Waals surface area contributed by atoms with Gasteiger partial charge in [-0.2, -0.15) is 0 Å². The first-order valence-electron chi connectivity index (χ1n) is 5.71. The number of hydrogen-bond donors (Lipinski definition) is 1. The molecule has 1 amide bonds. The normalized spacial score (nSPS) is 13.9. The van der Waals surface area contributed by atoms with Gasteiger partial charge < -0.3 is 9.84 Å². The molecule has 6 heteroatoms. The molecule has 0 aliphatic heterocycles. The van der Waals surface area contributed by atoms with Gasteiger partial charge in [-0.1, -0.05) is 0 Å². The van der Waals surface area contributed by atoms with Gasteiger partial charge in [0.15, 0.2) is 0 Å². The van der Waals surface area contributed by atoms with E-state index in [2.05, 4.69) is 0 Å². The zero-order chi connectivity index (χ0) is 14.7. The molecule has 0 aromatic heterocycles. The largest absolute Gasteiger partial charge is 0.480 e. The van der Waals surface area contributed by atoms with Crippen molar-refractivity contribution >= 4 is 12.1 Å².